The van der Waals surface area contributed by atoms with E-state index >= 15 is 0 Å². The van der Waals surface area contributed by atoms with E-state index in [0.717, 1.165) is 73.0 Å². The van der Waals surface area contributed by atoms with Gasteiger partial charge in [0.25, 0.3) is 0 Å². The Hall–Kier alpha value is -1.82. The van der Waals surface area contributed by atoms with Crippen LogP contribution in [0.5, 0.6) is 0 Å². The lowest BCUT2D eigenvalue weighted by Gasteiger charge is -2.24. The molecule has 3 fully saturated rings. The summed E-state index contributed by atoms with van der Waals surface area (Å²) < 4.78 is 0. The molecule has 8 bridgehead atoms. The molecule has 3 saturated carbocycles. The van der Waals surface area contributed by atoms with Crippen LogP contribution in [-0.4, -0.2) is 0 Å². The van der Waals surface area contributed by atoms with Gasteiger partial charge in [-0.1, -0.05) is 76.2 Å². The lowest BCUT2D eigenvalue weighted by Crippen LogP contribution is -2.15. The van der Waals surface area contributed by atoms with Gasteiger partial charge in [0.1, 0.15) is 0 Å². The van der Waals surface area contributed by atoms with E-state index in [1.165, 1.54) is 52.6 Å². The number of hydrogen-bond acceptors (Lipinski definition) is 0. The highest BCUT2D eigenvalue weighted by molar-refractivity contribution is 5.36. The molecular formula is C36H50. The Balaban J connectivity index is 0.000000123. The van der Waals surface area contributed by atoms with Crippen LogP contribution in [0.1, 0.15) is 86.8 Å². The second-order valence-corrected chi connectivity index (χ2v) is 13.2. The second-order valence-electron chi connectivity index (χ2n) is 13.2. The molecule has 8 aliphatic carbocycles. The molecule has 2 aromatic carbocycles. The van der Waals surface area contributed by atoms with Crippen molar-refractivity contribution in [2.45, 2.75) is 92.9 Å². The molecule has 0 heteroatoms. The molecule has 2 aromatic rings. The monoisotopic (exact) mass is 482 g/mol. The summed E-state index contributed by atoms with van der Waals surface area (Å²) in [6.07, 6.45) is 15.5. The zero-order valence-electron chi connectivity index (χ0n) is 23.9. The molecule has 8 aliphatic rings. The van der Waals surface area contributed by atoms with Crippen molar-refractivity contribution in [1.82, 2.24) is 0 Å². The molecule has 0 nitrogen and oxygen atoms in total. The molecule has 0 aromatic heterocycles. The third kappa shape index (κ3) is 5.39. The minimum Gasteiger partial charge on any atom is -0.0848 e. The first-order chi connectivity index (χ1) is 17.3. The molecule has 0 spiro atoms. The van der Waals surface area contributed by atoms with Crippen LogP contribution in [-0.2, 0) is 25.7 Å². The summed E-state index contributed by atoms with van der Waals surface area (Å²) in [6, 6.07) is 14.0. The van der Waals surface area contributed by atoms with Gasteiger partial charge in [-0.3, -0.25) is 0 Å². The average Bonchev–Trinajstić information content (AvgIpc) is 3.64. The van der Waals surface area contributed by atoms with Gasteiger partial charge in [-0.25, -0.2) is 0 Å². The molecule has 0 aliphatic heterocycles. The Morgan fingerprint density at radius 3 is 1.28 bits per heavy atom. The van der Waals surface area contributed by atoms with Crippen LogP contribution in [0, 0.1) is 61.2 Å². The fourth-order valence-corrected chi connectivity index (χ4v) is 8.13. The van der Waals surface area contributed by atoms with Crippen molar-refractivity contribution >= 4 is 0 Å². The van der Waals surface area contributed by atoms with Gasteiger partial charge < -0.3 is 0 Å². The fraction of sp³-hybridized carbons (Fsp3) is 0.611. The van der Waals surface area contributed by atoms with Crippen molar-refractivity contribution in [3.63, 3.8) is 0 Å². The van der Waals surface area contributed by atoms with Crippen LogP contribution in [0.4, 0.5) is 0 Å². The first kappa shape index (κ1) is 25.8. The van der Waals surface area contributed by atoms with E-state index in [1.54, 1.807) is 6.42 Å². The topological polar surface area (TPSA) is 0 Å². The summed E-state index contributed by atoms with van der Waals surface area (Å²) in [4.78, 5) is 0. The second kappa shape index (κ2) is 10.9. The Labute approximate surface area is 222 Å². The first-order valence-corrected chi connectivity index (χ1v) is 15.1. The van der Waals surface area contributed by atoms with E-state index in [2.05, 4.69) is 90.1 Å². The Bertz CT molecular complexity index is 986. The summed E-state index contributed by atoms with van der Waals surface area (Å²) >= 11 is 0. The molecule has 194 valence electrons. The standard InChI is InChI=1S/C18H20.C9H16.C9H14/c1-13-11-15-3-7-17(13)9-5-16-4-8-18(10-6-15)14(2)12-16;2*1-6-7(2)9-4-3-8(6)5-9/h3-4,7-8,11-12H,5-6,9-10H2,1-2H3;6-9H,3-5H2,1-2H3;3-4,6-9H,5H2,1-2H3/t;2*6?,7?,8-,9+. The molecule has 0 radical (unpaired) electrons. The van der Waals surface area contributed by atoms with E-state index in [-0.39, 0.29) is 0 Å². The summed E-state index contributed by atoms with van der Waals surface area (Å²) in [5.74, 6) is 8.11. The molecule has 0 saturated heterocycles. The van der Waals surface area contributed by atoms with Gasteiger partial charge in [0, 0.05) is 0 Å². The minimum atomic E-state index is 0.935. The number of fused-ring (bicyclic) bond motifs is 4. The van der Waals surface area contributed by atoms with Gasteiger partial charge in [-0.15, -0.1) is 0 Å². The van der Waals surface area contributed by atoms with Gasteiger partial charge in [0.2, 0.25) is 0 Å². The molecule has 0 N–H and O–H groups in total. The molecular weight excluding hydrogens is 432 g/mol. The summed E-state index contributed by atoms with van der Waals surface area (Å²) in [6.45, 7) is 14.1. The average molecular weight is 483 g/mol. The fourth-order valence-electron chi connectivity index (χ4n) is 8.13. The zero-order chi connectivity index (χ0) is 25.4. The van der Waals surface area contributed by atoms with Crippen LogP contribution in [0.2, 0.25) is 0 Å². The van der Waals surface area contributed by atoms with Gasteiger partial charge in [-0.2, -0.15) is 0 Å². The van der Waals surface area contributed by atoms with E-state index in [9.17, 15) is 0 Å². The van der Waals surface area contributed by atoms with Crippen LogP contribution in [0.15, 0.2) is 48.6 Å². The summed E-state index contributed by atoms with van der Waals surface area (Å²) in [7, 11) is 0. The highest BCUT2D eigenvalue weighted by Gasteiger charge is 2.42. The van der Waals surface area contributed by atoms with Crippen LogP contribution < -0.4 is 0 Å². The van der Waals surface area contributed by atoms with Gasteiger partial charge in [0.15, 0.2) is 0 Å². The predicted molar refractivity (Wildman–Crippen MR) is 155 cm³/mol. The smallest absolute Gasteiger partial charge is 0.0199 e. The SMILES string of the molecule is CC1C(C)[C@H]2C=C[C@@H]1C2.CC1C(C)[C@H]2CC[C@@H]1C2.Cc1cc2ccc1CCc1ccc(c(C)c1)CC2. The predicted octanol–water partition coefficient (Wildman–Crippen LogP) is 9.34. The van der Waals surface area contributed by atoms with Crippen LogP contribution in [0.25, 0.3) is 0 Å². The van der Waals surface area contributed by atoms with Gasteiger partial charge >= 0.3 is 0 Å². The molecule has 10 rings (SSSR count). The highest BCUT2D eigenvalue weighted by Crippen LogP contribution is 2.51. The van der Waals surface area contributed by atoms with Crippen LogP contribution in [0.3, 0.4) is 0 Å². The number of aryl methyl sites for hydroxylation is 6. The van der Waals surface area contributed by atoms with E-state index < -0.39 is 0 Å². The largest absolute Gasteiger partial charge is 0.0848 e. The molecule has 8 atom stereocenters. The minimum absolute atomic E-state index is 0.935. The van der Waals surface area contributed by atoms with Crippen molar-refractivity contribution in [2.24, 2.45) is 47.3 Å². The quantitative estimate of drug-likeness (QED) is 0.328. The Morgan fingerprint density at radius 2 is 0.972 bits per heavy atom. The Kier molecular flexibility index (Phi) is 7.81. The first-order valence-electron chi connectivity index (χ1n) is 15.1. The number of benzene rings is 2. The molecule has 0 amide bonds. The third-order valence-corrected chi connectivity index (χ3v) is 11.3. The summed E-state index contributed by atoms with van der Waals surface area (Å²) in [5, 5.41) is 0. The van der Waals surface area contributed by atoms with Crippen molar-refractivity contribution in [3.05, 3.63) is 81.9 Å². The van der Waals surface area contributed by atoms with Gasteiger partial charge in [0.05, 0.1) is 0 Å². The van der Waals surface area contributed by atoms with Crippen molar-refractivity contribution in [3.8, 4) is 0 Å². The Morgan fingerprint density at radius 1 is 0.528 bits per heavy atom. The zero-order valence-corrected chi connectivity index (χ0v) is 23.9. The highest BCUT2D eigenvalue weighted by atomic mass is 14.5. The normalized spacial score (nSPS) is 35.1. The van der Waals surface area contributed by atoms with Gasteiger partial charge in [-0.05, 0) is 146 Å². The number of hydrogen-bond donors (Lipinski definition) is 0. The summed E-state index contributed by atoms with van der Waals surface area (Å²) in [5.41, 5.74) is 8.86. The van der Waals surface area contributed by atoms with Crippen LogP contribution >= 0.6 is 0 Å². The lowest BCUT2D eigenvalue weighted by atomic mass is 9.82. The van der Waals surface area contributed by atoms with Crippen molar-refractivity contribution < 1.29 is 0 Å². The van der Waals surface area contributed by atoms with E-state index in [1.807, 2.05) is 0 Å². The molecule has 36 heavy (non-hydrogen) atoms. The maximum Gasteiger partial charge on any atom is -0.0199 e. The third-order valence-electron chi connectivity index (χ3n) is 11.3. The molecule has 4 unspecified atom stereocenters. The maximum absolute atomic E-state index is 2.44. The van der Waals surface area contributed by atoms with E-state index in [4.69, 9.17) is 0 Å². The van der Waals surface area contributed by atoms with Crippen molar-refractivity contribution in [1.29, 1.82) is 0 Å². The van der Waals surface area contributed by atoms with Crippen molar-refractivity contribution in [2.75, 3.05) is 0 Å². The lowest BCUT2D eigenvalue weighted by molar-refractivity contribution is 0.259. The maximum atomic E-state index is 2.44. The number of allylic oxidation sites excluding steroid dienone is 2. The van der Waals surface area contributed by atoms with E-state index in [0.29, 0.717) is 0 Å². The number of rotatable bonds is 0. The molecule has 0 heterocycles.